The number of amides is 1. The lowest BCUT2D eigenvalue weighted by Gasteiger charge is -2.16. The molecule has 0 fully saturated rings. The van der Waals surface area contributed by atoms with Gasteiger partial charge in [-0.05, 0) is 19.1 Å². The van der Waals surface area contributed by atoms with E-state index >= 15 is 0 Å². The summed E-state index contributed by atoms with van der Waals surface area (Å²) in [4.78, 5) is 27.0. The van der Waals surface area contributed by atoms with Gasteiger partial charge in [-0.25, -0.2) is 0 Å². The van der Waals surface area contributed by atoms with E-state index in [1.165, 1.54) is 18.3 Å². The molecule has 0 aliphatic heterocycles. The van der Waals surface area contributed by atoms with Crippen LogP contribution in [0.25, 0.3) is 0 Å². The third-order valence-electron chi connectivity index (χ3n) is 2.75. The van der Waals surface area contributed by atoms with E-state index in [2.05, 4.69) is 4.98 Å². The molecule has 0 unspecified atom stereocenters. The fraction of sp³-hybridized carbons (Fsp3) is 0.231. The number of nitrogens with one attached hydrogen (secondary N) is 1. The Labute approximate surface area is 104 Å². The van der Waals surface area contributed by atoms with Gasteiger partial charge in [0.2, 0.25) is 5.56 Å². The average molecular weight is 246 g/mol. The zero-order chi connectivity index (χ0) is 13.1. The molecule has 18 heavy (non-hydrogen) atoms. The molecule has 2 heterocycles. The Kier molecular flexibility index (Phi) is 3.32. The molecule has 5 heteroatoms. The van der Waals surface area contributed by atoms with Gasteiger partial charge in [0.05, 0.1) is 11.8 Å². The standard InChI is InChI=1S/C13H14N2O3/c1-9-11(5-6-18-9)8-15(2)13(17)10-3-4-12(16)14-7-10/h3-7H,8H2,1-2H3,(H,14,16). The largest absolute Gasteiger partial charge is 0.469 e. The highest BCUT2D eigenvalue weighted by atomic mass is 16.3. The van der Waals surface area contributed by atoms with Gasteiger partial charge in [0.1, 0.15) is 5.76 Å². The number of aromatic amines is 1. The zero-order valence-electron chi connectivity index (χ0n) is 10.3. The summed E-state index contributed by atoms with van der Waals surface area (Å²) in [6.07, 6.45) is 3.02. The van der Waals surface area contributed by atoms with Crippen LogP contribution in [0.2, 0.25) is 0 Å². The van der Waals surface area contributed by atoms with Crippen LogP contribution in [0.15, 0.2) is 39.9 Å². The second-order valence-corrected chi connectivity index (χ2v) is 4.10. The highest BCUT2D eigenvalue weighted by Crippen LogP contribution is 2.12. The van der Waals surface area contributed by atoms with Gasteiger partial charge in [-0.15, -0.1) is 0 Å². The van der Waals surface area contributed by atoms with E-state index in [0.29, 0.717) is 12.1 Å². The molecule has 1 N–H and O–H groups in total. The molecule has 5 nitrogen and oxygen atoms in total. The van der Waals surface area contributed by atoms with Crippen LogP contribution in [0.4, 0.5) is 0 Å². The Balaban J connectivity index is 2.12. The summed E-state index contributed by atoms with van der Waals surface area (Å²) in [7, 11) is 1.71. The van der Waals surface area contributed by atoms with E-state index in [4.69, 9.17) is 4.42 Å². The van der Waals surface area contributed by atoms with Crippen molar-refractivity contribution in [1.82, 2.24) is 9.88 Å². The minimum atomic E-state index is -0.222. The SMILES string of the molecule is Cc1occc1CN(C)C(=O)c1ccc(=O)[nH]c1. The van der Waals surface area contributed by atoms with Gasteiger partial charge in [-0.2, -0.15) is 0 Å². The normalized spacial score (nSPS) is 10.3. The first kappa shape index (κ1) is 12.2. The predicted molar refractivity (Wildman–Crippen MR) is 66.3 cm³/mol. The molecule has 0 aliphatic rings. The van der Waals surface area contributed by atoms with Crippen molar-refractivity contribution in [2.24, 2.45) is 0 Å². The van der Waals surface area contributed by atoms with Crippen LogP contribution in [0.3, 0.4) is 0 Å². The molecule has 0 aliphatic carbocycles. The first-order chi connectivity index (χ1) is 8.58. The maximum atomic E-state index is 12.1. The molecule has 0 bridgehead atoms. The third kappa shape index (κ3) is 2.51. The number of pyridine rings is 1. The van der Waals surface area contributed by atoms with Gasteiger partial charge in [0.25, 0.3) is 5.91 Å². The first-order valence-corrected chi connectivity index (χ1v) is 5.55. The fourth-order valence-electron chi connectivity index (χ4n) is 1.67. The summed E-state index contributed by atoms with van der Waals surface area (Å²) in [5.41, 5.74) is 1.20. The molecule has 2 aromatic heterocycles. The summed E-state index contributed by atoms with van der Waals surface area (Å²) in [6, 6.07) is 4.69. The lowest BCUT2D eigenvalue weighted by atomic mass is 10.2. The van der Waals surface area contributed by atoms with E-state index in [1.54, 1.807) is 18.2 Å². The summed E-state index contributed by atoms with van der Waals surface area (Å²) in [6.45, 7) is 2.33. The number of hydrogen-bond acceptors (Lipinski definition) is 3. The van der Waals surface area contributed by atoms with Crippen LogP contribution in [0.5, 0.6) is 0 Å². The van der Waals surface area contributed by atoms with Crippen LogP contribution in [0.1, 0.15) is 21.7 Å². The Morgan fingerprint density at radius 2 is 2.17 bits per heavy atom. The fourth-order valence-corrected chi connectivity index (χ4v) is 1.67. The molecule has 2 aromatic rings. The Bertz CT molecular complexity index is 592. The Morgan fingerprint density at radius 1 is 1.39 bits per heavy atom. The van der Waals surface area contributed by atoms with Crippen molar-refractivity contribution in [3.63, 3.8) is 0 Å². The minimum absolute atomic E-state index is 0.146. The van der Waals surface area contributed by atoms with E-state index in [9.17, 15) is 9.59 Å². The molecule has 0 atom stereocenters. The van der Waals surface area contributed by atoms with E-state index in [0.717, 1.165) is 11.3 Å². The summed E-state index contributed by atoms with van der Waals surface area (Å²) < 4.78 is 5.18. The molecule has 0 saturated carbocycles. The van der Waals surface area contributed by atoms with Crippen molar-refractivity contribution in [2.45, 2.75) is 13.5 Å². The van der Waals surface area contributed by atoms with Crippen molar-refractivity contribution >= 4 is 5.91 Å². The van der Waals surface area contributed by atoms with Gasteiger partial charge in [0, 0.05) is 31.4 Å². The van der Waals surface area contributed by atoms with Crippen molar-refractivity contribution < 1.29 is 9.21 Å². The van der Waals surface area contributed by atoms with Gasteiger partial charge in [-0.1, -0.05) is 0 Å². The molecule has 0 aromatic carbocycles. The Morgan fingerprint density at radius 3 is 2.72 bits per heavy atom. The van der Waals surface area contributed by atoms with E-state index in [-0.39, 0.29) is 11.5 Å². The minimum Gasteiger partial charge on any atom is -0.469 e. The zero-order valence-corrected chi connectivity index (χ0v) is 10.3. The molecule has 0 radical (unpaired) electrons. The number of rotatable bonds is 3. The number of carbonyl (C=O) groups is 1. The van der Waals surface area contributed by atoms with E-state index < -0.39 is 0 Å². The predicted octanol–water partition coefficient (Wildman–Crippen LogP) is 1.55. The number of aromatic nitrogens is 1. The Hall–Kier alpha value is -2.30. The van der Waals surface area contributed by atoms with Gasteiger partial charge < -0.3 is 14.3 Å². The van der Waals surface area contributed by atoms with Crippen molar-refractivity contribution in [2.75, 3.05) is 7.05 Å². The second-order valence-electron chi connectivity index (χ2n) is 4.10. The molecular weight excluding hydrogens is 232 g/mol. The number of aryl methyl sites for hydroxylation is 1. The maximum Gasteiger partial charge on any atom is 0.255 e. The van der Waals surface area contributed by atoms with Crippen molar-refractivity contribution in [3.8, 4) is 0 Å². The second kappa shape index (κ2) is 4.91. The number of H-pyrrole nitrogens is 1. The van der Waals surface area contributed by atoms with Gasteiger partial charge in [0.15, 0.2) is 0 Å². The lowest BCUT2D eigenvalue weighted by molar-refractivity contribution is 0.0784. The van der Waals surface area contributed by atoms with Crippen molar-refractivity contribution in [1.29, 1.82) is 0 Å². The molecule has 0 spiro atoms. The van der Waals surface area contributed by atoms with E-state index in [1.807, 2.05) is 13.0 Å². The number of nitrogens with zero attached hydrogens (tertiary/aromatic N) is 1. The summed E-state index contributed by atoms with van der Waals surface area (Å²) in [5.74, 6) is 0.656. The van der Waals surface area contributed by atoms with Crippen LogP contribution >= 0.6 is 0 Å². The van der Waals surface area contributed by atoms with Gasteiger partial charge in [-0.3, -0.25) is 9.59 Å². The first-order valence-electron chi connectivity index (χ1n) is 5.55. The monoisotopic (exact) mass is 246 g/mol. The van der Waals surface area contributed by atoms with Crippen LogP contribution < -0.4 is 5.56 Å². The number of carbonyl (C=O) groups excluding carboxylic acids is 1. The molecule has 2 rings (SSSR count). The van der Waals surface area contributed by atoms with Crippen LogP contribution in [-0.2, 0) is 6.54 Å². The quantitative estimate of drug-likeness (QED) is 0.893. The van der Waals surface area contributed by atoms with Crippen LogP contribution in [0, 0.1) is 6.92 Å². The average Bonchev–Trinajstić information content (AvgIpc) is 2.75. The molecular formula is C13H14N2O3. The van der Waals surface area contributed by atoms with Gasteiger partial charge >= 0.3 is 0 Å². The highest BCUT2D eigenvalue weighted by Gasteiger charge is 2.13. The third-order valence-corrected chi connectivity index (χ3v) is 2.75. The number of hydrogen-bond donors (Lipinski definition) is 1. The maximum absolute atomic E-state index is 12.1. The van der Waals surface area contributed by atoms with Crippen LogP contribution in [-0.4, -0.2) is 22.8 Å². The smallest absolute Gasteiger partial charge is 0.255 e. The molecule has 0 saturated heterocycles. The summed E-state index contributed by atoms with van der Waals surface area (Å²) in [5, 5.41) is 0. The lowest BCUT2D eigenvalue weighted by Crippen LogP contribution is -2.26. The van der Waals surface area contributed by atoms with Crippen molar-refractivity contribution in [3.05, 3.63) is 57.9 Å². The topological polar surface area (TPSA) is 66.3 Å². The highest BCUT2D eigenvalue weighted by molar-refractivity contribution is 5.93. The number of furan rings is 1. The summed E-state index contributed by atoms with van der Waals surface area (Å²) >= 11 is 0. The molecule has 1 amide bonds. The molecule has 94 valence electrons.